The van der Waals surface area contributed by atoms with E-state index in [1.165, 1.54) is 0 Å². The third kappa shape index (κ3) is 4.67. The van der Waals surface area contributed by atoms with Crippen LogP contribution in [0.15, 0.2) is 57.8 Å². The zero-order valence-electron chi connectivity index (χ0n) is 15.6. The van der Waals surface area contributed by atoms with Crippen LogP contribution >= 0.6 is 0 Å². The third-order valence-corrected chi connectivity index (χ3v) is 5.20. The van der Waals surface area contributed by atoms with Crippen LogP contribution in [0.1, 0.15) is 24.3 Å². The van der Waals surface area contributed by atoms with Crippen LogP contribution in [0, 0.1) is 11.8 Å². The van der Waals surface area contributed by atoms with E-state index in [0.717, 1.165) is 43.1 Å². The van der Waals surface area contributed by atoms with Crippen molar-refractivity contribution >= 4 is 5.91 Å². The Kier molecular flexibility index (Phi) is 5.82. The molecule has 0 radical (unpaired) electrons. The largest absolute Gasteiger partial charge is 0.467 e. The minimum atomic E-state index is 0.0580. The number of piperidine rings is 1. The van der Waals surface area contributed by atoms with E-state index in [9.17, 15) is 4.79 Å². The Morgan fingerprint density at radius 1 is 1.25 bits per heavy atom. The highest BCUT2D eigenvalue weighted by Gasteiger charge is 2.28. The smallest absolute Gasteiger partial charge is 0.220 e. The Morgan fingerprint density at radius 3 is 3.04 bits per heavy atom. The Labute approximate surface area is 163 Å². The number of nitrogens with zero attached hydrogens (tertiary/aromatic N) is 2. The molecular weight excluding hydrogens is 356 g/mol. The molecule has 3 aromatic rings. The van der Waals surface area contributed by atoms with E-state index in [1.54, 1.807) is 12.5 Å². The first-order valence-corrected chi connectivity index (χ1v) is 9.65. The Hall–Kier alpha value is -2.93. The molecule has 1 aliphatic heterocycles. The highest BCUT2D eigenvalue weighted by Crippen LogP contribution is 2.27. The topological polar surface area (TPSA) is 93.2 Å². The summed E-state index contributed by atoms with van der Waals surface area (Å²) in [5.74, 6) is 2.15. The molecule has 1 saturated heterocycles. The number of carbonyl (C=O) groups excluding carboxylic acids is 1. The van der Waals surface area contributed by atoms with Gasteiger partial charge in [0.15, 0.2) is 5.76 Å². The average Bonchev–Trinajstić information content (AvgIpc) is 3.41. The van der Waals surface area contributed by atoms with Crippen molar-refractivity contribution in [2.75, 3.05) is 13.1 Å². The Morgan fingerprint density at radius 2 is 2.21 bits per heavy atom. The summed E-state index contributed by atoms with van der Waals surface area (Å²) in [6, 6.07) is 11.3. The van der Waals surface area contributed by atoms with Gasteiger partial charge in [0.2, 0.25) is 5.91 Å². The molecule has 0 bridgehead atoms. The number of aromatic nitrogens is 2. The van der Waals surface area contributed by atoms with E-state index in [4.69, 9.17) is 8.94 Å². The maximum atomic E-state index is 12.4. The fourth-order valence-corrected chi connectivity index (χ4v) is 3.70. The predicted molar refractivity (Wildman–Crippen MR) is 103 cm³/mol. The van der Waals surface area contributed by atoms with Crippen LogP contribution in [0.25, 0.3) is 11.5 Å². The second-order valence-corrected chi connectivity index (χ2v) is 7.17. The lowest BCUT2D eigenvalue weighted by Crippen LogP contribution is -2.40. The van der Waals surface area contributed by atoms with Crippen LogP contribution < -0.4 is 10.6 Å². The normalized spacial score (nSPS) is 19.4. The van der Waals surface area contributed by atoms with Crippen LogP contribution in [0.3, 0.4) is 0 Å². The van der Waals surface area contributed by atoms with Crippen LogP contribution in [-0.2, 0) is 17.8 Å². The molecule has 1 aliphatic rings. The number of rotatable bonds is 7. The van der Waals surface area contributed by atoms with Gasteiger partial charge in [-0.2, -0.15) is 0 Å². The first-order valence-electron chi connectivity index (χ1n) is 9.65. The summed E-state index contributed by atoms with van der Waals surface area (Å²) in [5, 5.41) is 10.6. The summed E-state index contributed by atoms with van der Waals surface area (Å²) in [6.45, 7) is 2.24. The van der Waals surface area contributed by atoms with E-state index in [-0.39, 0.29) is 5.91 Å². The van der Waals surface area contributed by atoms with Crippen molar-refractivity contribution in [2.45, 2.75) is 25.8 Å². The van der Waals surface area contributed by atoms with Crippen LogP contribution in [0.4, 0.5) is 0 Å². The third-order valence-electron chi connectivity index (χ3n) is 5.20. The molecule has 7 nitrogen and oxygen atoms in total. The fraction of sp³-hybridized carbons (Fsp3) is 0.381. The van der Waals surface area contributed by atoms with Crippen molar-refractivity contribution in [3.05, 3.63) is 60.3 Å². The van der Waals surface area contributed by atoms with Crippen molar-refractivity contribution in [3.63, 3.8) is 0 Å². The molecule has 2 N–H and O–H groups in total. The molecule has 4 rings (SSSR count). The van der Waals surface area contributed by atoms with Crippen LogP contribution in [-0.4, -0.2) is 29.1 Å². The predicted octanol–water partition coefficient (Wildman–Crippen LogP) is 2.80. The van der Waals surface area contributed by atoms with Crippen molar-refractivity contribution in [3.8, 4) is 11.5 Å². The van der Waals surface area contributed by atoms with E-state index in [0.29, 0.717) is 30.6 Å². The van der Waals surface area contributed by atoms with Gasteiger partial charge in [-0.3, -0.25) is 9.78 Å². The molecule has 0 unspecified atom stereocenters. The number of carbonyl (C=O) groups is 1. The zero-order valence-corrected chi connectivity index (χ0v) is 15.6. The molecule has 0 aliphatic carbocycles. The van der Waals surface area contributed by atoms with Crippen molar-refractivity contribution in [2.24, 2.45) is 11.8 Å². The first kappa shape index (κ1) is 18.4. The van der Waals surface area contributed by atoms with Crippen molar-refractivity contribution in [1.82, 2.24) is 20.8 Å². The molecule has 2 atom stereocenters. The molecule has 0 spiro atoms. The molecule has 0 aromatic carbocycles. The zero-order chi connectivity index (χ0) is 19.2. The number of amides is 1. The number of furan rings is 1. The summed E-state index contributed by atoms with van der Waals surface area (Å²) in [4.78, 5) is 16.7. The van der Waals surface area contributed by atoms with Gasteiger partial charge in [0.25, 0.3) is 0 Å². The van der Waals surface area contributed by atoms with Gasteiger partial charge in [0.05, 0.1) is 18.5 Å². The molecule has 1 fully saturated rings. The standard InChI is InChI=1S/C21H24N4O3/c26-21(24-14-18-4-3-9-27-18)11-15-6-8-22-13-16(15)10-17-12-20(28-25-17)19-5-1-2-7-23-19/h1-5,7,9,12,15-16,22H,6,8,10-11,13-14H2,(H,24,26)/t15-,16+/m0/s1. The SMILES string of the molecule is O=C(C[C@@H]1CCNC[C@H]1Cc1cc(-c2ccccn2)on1)NCc1ccco1. The highest BCUT2D eigenvalue weighted by molar-refractivity contribution is 5.76. The van der Waals surface area contributed by atoms with E-state index in [2.05, 4.69) is 20.8 Å². The summed E-state index contributed by atoms with van der Waals surface area (Å²) >= 11 is 0. The number of hydrogen-bond acceptors (Lipinski definition) is 6. The van der Waals surface area contributed by atoms with Gasteiger partial charge in [-0.25, -0.2) is 0 Å². The number of hydrogen-bond donors (Lipinski definition) is 2. The van der Waals surface area contributed by atoms with Gasteiger partial charge in [0, 0.05) is 18.7 Å². The van der Waals surface area contributed by atoms with Crippen LogP contribution in [0.2, 0.25) is 0 Å². The van der Waals surface area contributed by atoms with E-state index < -0.39 is 0 Å². The molecule has 0 saturated carbocycles. The van der Waals surface area contributed by atoms with E-state index >= 15 is 0 Å². The molecule has 146 valence electrons. The van der Waals surface area contributed by atoms with Gasteiger partial charge < -0.3 is 19.6 Å². The number of pyridine rings is 1. The summed E-state index contributed by atoms with van der Waals surface area (Å²) in [5.41, 5.74) is 1.67. The van der Waals surface area contributed by atoms with Gasteiger partial charge in [-0.1, -0.05) is 11.2 Å². The molecule has 28 heavy (non-hydrogen) atoms. The molecule has 4 heterocycles. The van der Waals surface area contributed by atoms with Gasteiger partial charge in [0.1, 0.15) is 11.5 Å². The lowest BCUT2D eigenvalue weighted by Gasteiger charge is -2.31. The molecular formula is C21H24N4O3. The molecule has 7 heteroatoms. The number of nitrogens with one attached hydrogen (secondary N) is 2. The van der Waals surface area contributed by atoms with Gasteiger partial charge in [-0.05, 0) is 62.0 Å². The maximum absolute atomic E-state index is 12.4. The average molecular weight is 380 g/mol. The summed E-state index contributed by atoms with van der Waals surface area (Å²) in [6.07, 6.45) is 5.61. The fourth-order valence-electron chi connectivity index (χ4n) is 3.70. The minimum absolute atomic E-state index is 0.0580. The van der Waals surface area contributed by atoms with Crippen LogP contribution in [0.5, 0.6) is 0 Å². The lowest BCUT2D eigenvalue weighted by atomic mass is 9.81. The summed E-state index contributed by atoms with van der Waals surface area (Å²) < 4.78 is 10.7. The molecule has 1 amide bonds. The van der Waals surface area contributed by atoms with Gasteiger partial charge in [-0.15, -0.1) is 0 Å². The first-order chi connectivity index (χ1) is 13.8. The van der Waals surface area contributed by atoms with E-state index in [1.807, 2.05) is 36.4 Å². The monoisotopic (exact) mass is 380 g/mol. The van der Waals surface area contributed by atoms with Crippen molar-refractivity contribution < 1.29 is 13.7 Å². The van der Waals surface area contributed by atoms with Gasteiger partial charge >= 0.3 is 0 Å². The molecule has 3 aromatic heterocycles. The Balaban J connectivity index is 1.34. The quantitative estimate of drug-likeness (QED) is 0.655. The van der Waals surface area contributed by atoms with Crippen molar-refractivity contribution in [1.29, 1.82) is 0 Å². The summed E-state index contributed by atoms with van der Waals surface area (Å²) in [7, 11) is 0. The highest BCUT2D eigenvalue weighted by atomic mass is 16.5. The Bertz CT molecular complexity index is 876. The minimum Gasteiger partial charge on any atom is -0.467 e. The lowest BCUT2D eigenvalue weighted by molar-refractivity contribution is -0.122. The second kappa shape index (κ2) is 8.84. The second-order valence-electron chi connectivity index (χ2n) is 7.17. The maximum Gasteiger partial charge on any atom is 0.220 e.